The van der Waals surface area contributed by atoms with Crippen molar-refractivity contribution in [2.75, 3.05) is 52.5 Å². The highest BCUT2D eigenvalue weighted by molar-refractivity contribution is 6.56. The first kappa shape index (κ1) is 21.9. The summed E-state index contributed by atoms with van der Waals surface area (Å²) in [6.07, 6.45) is 0.918. The summed E-state index contributed by atoms with van der Waals surface area (Å²) in [5.74, 6) is 0. The number of nitrogens with one attached hydrogen (secondary N) is 3. The minimum absolute atomic E-state index is 0.0415. The Morgan fingerprint density at radius 1 is 0.955 bits per heavy atom. The number of ether oxygens (including phenoxy) is 1. The zero-order chi connectivity index (χ0) is 16.7. The Bertz CT molecular complexity index is 244. The number of hydrogen-bond acceptors (Lipinski definition) is 8. The average molecular weight is 340 g/mol. The lowest BCUT2D eigenvalue weighted by Crippen LogP contribution is -2.37. The standard InChI is InChI=1S/C13H33N3O5Si/c1-2-4-14-5-6-15-7-8-16-11-13(17)12-21-9-3-10-22(18,19)20/h13-20H,2-12H2,1H3. The highest BCUT2D eigenvalue weighted by Crippen LogP contribution is 2.01. The SMILES string of the molecule is CCCNCCNCCNCC(O)COCCC[Si](O)(O)O. The Morgan fingerprint density at radius 3 is 2.14 bits per heavy atom. The molecule has 7 N–H and O–H groups in total. The van der Waals surface area contributed by atoms with E-state index in [2.05, 4.69) is 22.9 Å². The molecule has 0 aromatic rings. The first-order valence-electron chi connectivity index (χ1n) is 8.00. The van der Waals surface area contributed by atoms with E-state index in [1.807, 2.05) is 0 Å². The highest BCUT2D eigenvalue weighted by Gasteiger charge is 2.25. The smallest absolute Gasteiger partial charge is 0.390 e. The maximum atomic E-state index is 9.65. The average Bonchev–Trinajstić information content (AvgIpc) is 2.44. The predicted octanol–water partition coefficient (Wildman–Crippen LogP) is -2.15. The van der Waals surface area contributed by atoms with E-state index in [0.717, 1.165) is 39.1 Å². The molecule has 9 heteroatoms. The van der Waals surface area contributed by atoms with Crippen LogP contribution in [0.2, 0.25) is 6.04 Å². The Balaban J connectivity index is 3.21. The summed E-state index contributed by atoms with van der Waals surface area (Å²) in [5, 5.41) is 19.4. The molecule has 0 spiro atoms. The van der Waals surface area contributed by atoms with Crippen LogP contribution in [0.15, 0.2) is 0 Å². The van der Waals surface area contributed by atoms with Gasteiger partial charge in [-0.05, 0) is 19.4 Å². The van der Waals surface area contributed by atoms with Crippen LogP contribution < -0.4 is 16.0 Å². The predicted molar refractivity (Wildman–Crippen MR) is 87.6 cm³/mol. The quantitative estimate of drug-likeness (QED) is 0.125. The Morgan fingerprint density at radius 2 is 1.55 bits per heavy atom. The fourth-order valence-corrected chi connectivity index (χ4v) is 2.36. The van der Waals surface area contributed by atoms with E-state index in [4.69, 9.17) is 19.1 Å². The molecule has 0 aliphatic carbocycles. The van der Waals surface area contributed by atoms with Crippen molar-refractivity contribution >= 4 is 8.80 Å². The lowest BCUT2D eigenvalue weighted by atomic mass is 10.3. The largest absolute Gasteiger partial charge is 0.492 e. The van der Waals surface area contributed by atoms with Gasteiger partial charge in [0.05, 0.1) is 12.7 Å². The van der Waals surface area contributed by atoms with Gasteiger partial charge in [-0.2, -0.15) is 0 Å². The maximum Gasteiger partial charge on any atom is 0.492 e. The lowest BCUT2D eigenvalue weighted by molar-refractivity contribution is 0.0364. The van der Waals surface area contributed by atoms with Gasteiger partial charge in [0.1, 0.15) is 0 Å². The number of aliphatic hydroxyl groups is 1. The van der Waals surface area contributed by atoms with Crippen LogP contribution in [0.1, 0.15) is 19.8 Å². The van der Waals surface area contributed by atoms with Crippen molar-refractivity contribution in [3.05, 3.63) is 0 Å². The second kappa shape index (κ2) is 14.5. The van der Waals surface area contributed by atoms with Crippen molar-refractivity contribution < 1.29 is 24.2 Å². The van der Waals surface area contributed by atoms with E-state index >= 15 is 0 Å². The fraction of sp³-hybridized carbons (Fsp3) is 1.00. The first-order valence-corrected chi connectivity index (χ1v) is 10.1. The van der Waals surface area contributed by atoms with Crippen molar-refractivity contribution in [2.24, 2.45) is 0 Å². The van der Waals surface area contributed by atoms with Crippen molar-refractivity contribution in [3.63, 3.8) is 0 Å². The van der Waals surface area contributed by atoms with Crippen LogP contribution in [0.3, 0.4) is 0 Å². The Hall–Kier alpha value is -0.103. The molecule has 0 aliphatic heterocycles. The van der Waals surface area contributed by atoms with Crippen LogP contribution in [0.5, 0.6) is 0 Å². The minimum atomic E-state index is -3.95. The number of aliphatic hydroxyl groups excluding tert-OH is 1. The molecule has 0 fully saturated rings. The van der Waals surface area contributed by atoms with E-state index in [1.165, 1.54) is 0 Å². The Kier molecular flexibility index (Phi) is 14.4. The molecule has 22 heavy (non-hydrogen) atoms. The summed E-state index contributed by atoms with van der Waals surface area (Å²) in [6.45, 7) is 7.63. The van der Waals surface area contributed by atoms with E-state index in [1.54, 1.807) is 0 Å². The lowest BCUT2D eigenvalue weighted by Gasteiger charge is -2.13. The zero-order valence-electron chi connectivity index (χ0n) is 13.6. The molecule has 0 bridgehead atoms. The van der Waals surface area contributed by atoms with Crippen molar-refractivity contribution in [2.45, 2.75) is 31.9 Å². The summed E-state index contributed by atoms with van der Waals surface area (Å²) in [4.78, 5) is 26.4. The van der Waals surface area contributed by atoms with Crippen LogP contribution in [0.25, 0.3) is 0 Å². The van der Waals surface area contributed by atoms with Crippen molar-refractivity contribution in [1.29, 1.82) is 0 Å². The normalized spacial score (nSPS) is 13.5. The molecule has 8 nitrogen and oxygen atoms in total. The van der Waals surface area contributed by atoms with Crippen LogP contribution in [-0.4, -0.2) is 86.9 Å². The molecule has 0 saturated carbocycles. The molecular formula is C13H33N3O5Si. The summed E-state index contributed by atoms with van der Waals surface area (Å²) in [6, 6.07) is -0.0415. The van der Waals surface area contributed by atoms with Gasteiger partial charge >= 0.3 is 8.80 Å². The molecule has 0 aromatic heterocycles. The molecule has 0 aromatic carbocycles. The Labute approximate surface area is 134 Å². The van der Waals surface area contributed by atoms with Gasteiger partial charge in [0.2, 0.25) is 0 Å². The summed E-state index contributed by atoms with van der Waals surface area (Å²) >= 11 is 0. The molecule has 0 rings (SSSR count). The van der Waals surface area contributed by atoms with Crippen LogP contribution >= 0.6 is 0 Å². The molecule has 0 aliphatic rings. The molecule has 134 valence electrons. The monoisotopic (exact) mass is 339 g/mol. The zero-order valence-corrected chi connectivity index (χ0v) is 14.6. The van der Waals surface area contributed by atoms with Gasteiger partial charge in [-0.25, -0.2) is 0 Å². The van der Waals surface area contributed by atoms with Gasteiger partial charge in [0.25, 0.3) is 0 Å². The van der Waals surface area contributed by atoms with Crippen molar-refractivity contribution in [1.82, 2.24) is 16.0 Å². The molecule has 0 radical (unpaired) electrons. The van der Waals surface area contributed by atoms with Gasteiger partial charge in [-0.3, -0.25) is 0 Å². The second-order valence-corrected chi connectivity index (χ2v) is 7.36. The fourth-order valence-electron chi connectivity index (χ4n) is 1.74. The van der Waals surface area contributed by atoms with Gasteiger partial charge in [-0.1, -0.05) is 6.92 Å². The van der Waals surface area contributed by atoms with Crippen molar-refractivity contribution in [3.8, 4) is 0 Å². The van der Waals surface area contributed by atoms with Crippen LogP contribution in [-0.2, 0) is 4.74 Å². The van der Waals surface area contributed by atoms with E-state index in [9.17, 15) is 5.11 Å². The van der Waals surface area contributed by atoms with Crippen LogP contribution in [0, 0.1) is 0 Å². The summed E-state index contributed by atoms with van der Waals surface area (Å²) in [5.41, 5.74) is 0. The van der Waals surface area contributed by atoms with Gasteiger partial charge in [0, 0.05) is 45.4 Å². The van der Waals surface area contributed by atoms with E-state index < -0.39 is 14.9 Å². The topological polar surface area (TPSA) is 126 Å². The van der Waals surface area contributed by atoms with Gasteiger partial charge in [-0.15, -0.1) is 0 Å². The van der Waals surface area contributed by atoms with Crippen LogP contribution in [0.4, 0.5) is 0 Å². The molecule has 1 atom stereocenters. The molecule has 1 unspecified atom stereocenters. The third kappa shape index (κ3) is 17.9. The third-order valence-corrected chi connectivity index (χ3v) is 3.90. The highest BCUT2D eigenvalue weighted by atomic mass is 28.4. The molecule has 0 amide bonds. The van der Waals surface area contributed by atoms with E-state index in [0.29, 0.717) is 19.6 Å². The number of rotatable bonds is 16. The van der Waals surface area contributed by atoms with Gasteiger partial charge in [0.15, 0.2) is 0 Å². The minimum Gasteiger partial charge on any atom is -0.390 e. The summed E-state index contributed by atoms with van der Waals surface area (Å²) in [7, 11) is -3.95. The maximum absolute atomic E-state index is 9.65. The third-order valence-electron chi connectivity index (χ3n) is 2.87. The molecule has 0 heterocycles. The first-order chi connectivity index (χ1) is 10.5. The molecule has 0 saturated heterocycles. The molecular weight excluding hydrogens is 306 g/mol. The second-order valence-electron chi connectivity index (χ2n) is 5.31. The summed E-state index contributed by atoms with van der Waals surface area (Å²) < 4.78 is 5.20. The number of hydrogen-bond donors (Lipinski definition) is 7. The van der Waals surface area contributed by atoms with E-state index in [-0.39, 0.29) is 12.7 Å². The van der Waals surface area contributed by atoms with Gasteiger partial charge < -0.3 is 40.2 Å².